The van der Waals surface area contributed by atoms with E-state index in [-0.39, 0.29) is 17.9 Å². The molecule has 6 unspecified atom stereocenters. The fourth-order valence-electron chi connectivity index (χ4n) is 5.59. The van der Waals surface area contributed by atoms with Crippen LogP contribution in [0.15, 0.2) is 36.0 Å². The Morgan fingerprint density at radius 1 is 1.27 bits per heavy atom. The highest BCUT2D eigenvalue weighted by Gasteiger charge is 2.69. The van der Waals surface area contributed by atoms with Crippen LogP contribution in [-0.4, -0.2) is 57.8 Å². The first kappa shape index (κ1) is 22.7. The van der Waals surface area contributed by atoms with Crippen LogP contribution in [0.2, 0.25) is 0 Å². The first-order valence-corrected chi connectivity index (χ1v) is 10.5. The summed E-state index contributed by atoms with van der Waals surface area (Å²) in [6, 6.07) is 0. The Morgan fingerprint density at radius 2 is 1.97 bits per heavy atom. The van der Waals surface area contributed by atoms with Crippen molar-refractivity contribution in [3.05, 3.63) is 36.0 Å². The number of fused-ring (bicyclic) bond motifs is 3. The van der Waals surface area contributed by atoms with Crippen molar-refractivity contribution in [3.8, 4) is 0 Å². The maximum atomic E-state index is 12.5. The van der Waals surface area contributed by atoms with Crippen molar-refractivity contribution in [1.29, 1.82) is 0 Å². The van der Waals surface area contributed by atoms with E-state index in [0.717, 1.165) is 12.8 Å². The highest BCUT2D eigenvalue weighted by molar-refractivity contribution is 5.88. The van der Waals surface area contributed by atoms with Crippen molar-refractivity contribution in [1.82, 2.24) is 0 Å². The molecule has 1 saturated carbocycles. The Morgan fingerprint density at radius 3 is 2.63 bits per heavy atom. The summed E-state index contributed by atoms with van der Waals surface area (Å²) in [6.07, 6.45) is 7.07. The first-order chi connectivity index (χ1) is 13.9. The molecule has 2 aliphatic carbocycles. The normalized spacial score (nSPS) is 37.3. The average Bonchev–Trinajstić information content (AvgIpc) is 2.94. The molecule has 0 aromatic heterocycles. The summed E-state index contributed by atoms with van der Waals surface area (Å²) < 4.78 is 11.0. The van der Waals surface area contributed by atoms with Crippen molar-refractivity contribution in [3.63, 3.8) is 0 Å². The Hall–Kier alpha value is -1.96. The number of hydrogen-bond acceptors (Lipinski definition) is 7. The number of ether oxygens (including phenoxy) is 2. The Kier molecular flexibility index (Phi) is 6.02. The summed E-state index contributed by atoms with van der Waals surface area (Å²) in [6.45, 7) is 7.52. The molecule has 0 bridgehead atoms. The zero-order valence-corrected chi connectivity index (χ0v) is 18.0. The number of carbonyl (C=O) groups excluding carboxylic acids is 2. The molecule has 166 valence electrons. The van der Waals surface area contributed by atoms with Gasteiger partial charge in [-0.2, -0.15) is 0 Å². The number of allylic oxidation sites excluding steroid dienone is 2. The third-order valence-corrected chi connectivity index (χ3v) is 7.08. The van der Waals surface area contributed by atoms with E-state index in [1.807, 2.05) is 6.92 Å². The van der Waals surface area contributed by atoms with Gasteiger partial charge in [0, 0.05) is 23.0 Å². The topological polar surface area (TPSA) is 113 Å². The molecule has 0 amide bonds. The fraction of sp³-hybridized carbons (Fsp3) is 0.652. The first-order valence-electron chi connectivity index (χ1n) is 10.5. The van der Waals surface area contributed by atoms with Crippen molar-refractivity contribution < 1.29 is 34.4 Å². The number of rotatable bonds is 5. The minimum atomic E-state index is -1.69. The summed E-state index contributed by atoms with van der Waals surface area (Å²) in [7, 11) is 0. The Labute approximate surface area is 177 Å². The molecule has 3 N–H and O–H groups in total. The fourth-order valence-corrected chi connectivity index (χ4v) is 5.59. The molecule has 1 aliphatic heterocycles. The van der Waals surface area contributed by atoms with Crippen LogP contribution in [-0.2, 0) is 19.1 Å². The van der Waals surface area contributed by atoms with E-state index in [0.29, 0.717) is 12.0 Å². The molecule has 1 saturated heterocycles. The van der Waals surface area contributed by atoms with Gasteiger partial charge in [-0.3, -0.25) is 0 Å². The molecule has 0 radical (unpaired) electrons. The second kappa shape index (κ2) is 7.94. The van der Waals surface area contributed by atoms with E-state index >= 15 is 0 Å². The maximum Gasteiger partial charge on any atom is 0.343 e. The molecule has 0 aromatic rings. The molecule has 0 aromatic carbocycles. The summed E-state index contributed by atoms with van der Waals surface area (Å²) in [4.78, 5) is 25.0. The monoisotopic (exact) mass is 420 g/mol. The van der Waals surface area contributed by atoms with Crippen LogP contribution < -0.4 is 0 Å². The zero-order chi connectivity index (χ0) is 22.3. The molecular formula is C23H32O7. The average molecular weight is 421 g/mol. The smallest absolute Gasteiger partial charge is 0.343 e. The standard InChI is InChI=1S/C23H32O7/c1-14(24)16(25)8-5-6-9-18(26)30-17-12-15-13-29-20(27)23(15,28)22(4)11-7-10-21(2,3)19(17)22/h5-6,8-9,12,14,16-17,19,24-25,28H,7,10-11,13H2,1-4H3/b8-5+,9-6+. The van der Waals surface area contributed by atoms with E-state index in [9.17, 15) is 24.9 Å². The zero-order valence-electron chi connectivity index (χ0n) is 18.0. The highest BCUT2D eigenvalue weighted by atomic mass is 16.6. The second-order valence-electron chi connectivity index (χ2n) is 9.59. The molecule has 1 heterocycles. The third kappa shape index (κ3) is 3.63. The van der Waals surface area contributed by atoms with Gasteiger partial charge < -0.3 is 24.8 Å². The predicted octanol–water partition coefficient (Wildman–Crippen LogP) is 1.81. The van der Waals surface area contributed by atoms with Crippen LogP contribution >= 0.6 is 0 Å². The van der Waals surface area contributed by atoms with E-state index in [2.05, 4.69) is 13.8 Å². The van der Waals surface area contributed by atoms with Crippen LogP contribution in [0, 0.1) is 16.7 Å². The predicted molar refractivity (Wildman–Crippen MR) is 109 cm³/mol. The van der Waals surface area contributed by atoms with Gasteiger partial charge in [0.2, 0.25) is 0 Å². The van der Waals surface area contributed by atoms with Crippen molar-refractivity contribution >= 4 is 11.9 Å². The molecule has 3 rings (SSSR count). The molecular weight excluding hydrogens is 388 g/mol. The lowest BCUT2D eigenvalue weighted by Crippen LogP contribution is -2.65. The lowest BCUT2D eigenvalue weighted by molar-refractivity contribution is -0.194. The molecule has 7 nitrogen and oxygen atoms in total. The Bertz CT molecular complexity index is 793. The summed E-state index contributed by atoms with van der Waals surface area (Å²) in [5.74, 6) is -1.44. The van der Waals surface area contributed by atoms with Gasteiger partial charge in [0.15, 0.2) is 5.60 Å². The third-order valence-electron chi connectivity index (χ3n) is 7.08. The molecule has 6 atom stereocenters. The lowest BCUT2D eigenvalue weighted by Gasteiger charge is -2.59. The van der Waals surface area contributed by atoms with Crippen LogP contribution in [0.1, 0.15) is 47.0 Å². The number of aliphatic hydroxyl groups is 3. The van der Waals surface area contributed by atoms with Crippen molar-refractivity contribution in [2.45, 2.75) is 70.9 Å². The van der Waals surface area contributed by atoms with Crippen LogP contribution in [0.25, 0.3) is 0 Å². The van der Waals surface area contributed by atoms with Crippen LogP contribution in [0.4, 0.5) is 0 Å². The van der Waals surface area contributed by atoms with Crippen molar-refractivity contribution in [2.24, 2.45) is 16.7 Å². The lowest BCUT2D eigenvalue weighted by atomic mass is 9.46. The minimum Gasteiger partial charge on any atom is -0.459 e. The van der Waals surface area contributed by atoms with Gasteiger partial charge in [0.25, 0.3) is 0 Å². The van der Waals surface area contributed by atoms with Gasteiger partial charge >= 0.3 is 11.9 Å². The maximum absolute atomic E-state index is 12.5. The summed E-state index contributed by atoms with van der Waals surface area (Å²) >= 11 is 0. The van der Waals surface area contributed by atoms with Gasteiger partial charge in [0.1, 0.15) is 12.7 Å². The van der Waals surface area contributed by atoms with E-state index < -0.39 is 41.3 Å². The summed E-state index contributed by atoms with van der Waals surface area (Å²) in [5, 5.41) is 30.2. The van der Waals surface area contributed by atoms with Crippen molar-refractivity contribution in [2.75, 3.05) is 6.61 Å². The quantitative estimate of drug-likeness (QED) is 0.269. The number of carbonyl (C=O) groups is 2. The van der Waals surface area contributed by atoms with E-state index in [4.69, 9.17) is 9.47 Å². The van der Waals surface area contributed by atoms with Gasteiger partial charge in [-0.05, 0) is 31.3 Å². The molecule has 2 fully saturated rings. The van der Waals surface area contributed by atoms with Crippen LogP contribution in [0.3, 0.4) is 0 Å². The van der Waals surface area contributed by atoms with Gasteiger partial charge in [-0.1, -0.05) is 45.4 Å². The number of cyclic esters (lactones) is 1. The van der Waals surface area contributed by atoms with E-state index in [1.165, 1.54) is 31.2 Å². The van der Waals surface area contributed by atoms with Gasteiger partial charge in [-0.15, -0.1) is 0 Å². The van der Waals surface area contributed by atoms with Gasteiger partial charge in [0.05, 0.1) is 12.2 Å². The number of hydrogen-bond donors (Lipinski definition) is 3. The van der Waals surface area contributed by atoms with E-state index in [1.54, 1.807) is 6.08 Å². The van der Waals surface area contributed by atoms with Crippen LogP contribution in [0.5, 0.6) is 0 Å². The SMILES string of the molecule is CC(O)C(O)/C=C/C=C/C(=O)OC1C=C2COC(=O)C2(O)C2(C)CCCC(C)(C)C12. The van der Waals surface area contributed by atoms with Gasteiger partial charge in [-0.25, -0.2) is 9.59 Å². The molecule has 7 heteroatoms. The second-order valence-corrected chi connectivity index (χ2v) is 9.59. The Balaban J connectivity index is 1.86. The molecule has 30 heavy (non-hydrogen) atoms. The molecule has 0 spiro atoms. The minimum absolute atomic E-state index is 0.00192. The largest absolute Gasteiger partial charge is 0.459 e. The molecule has 3 aliphatic rings. The number of aliphatic hydroxyl groups excluding tert-OH is 2. The summed E-state index contributed by atoms with van der Waals surface area (Å²) in [5.41, 5.74) is -2.29. The highest BCUT2D eigenvalue weighted by Crippen LogP contribution is 2.63. The number of esters is 2.